The molecule has 0 aliphatic heterocycles. The average Bonchev–Trinajstić information content (AvgIpc) is 2.89. The van der Waals surface area contributed by atoms with E-state index in [1.54, 1.807) is 24.3 Å². The normalized spacial score (nSPS) is 14.7. The summed E-state index contributed by atoms with van der Waals surface area (Å²) in [7, 11) is 0. The van der Waals surface area contributed by atoms with Gasteiger partial charge in [-0.3, -0.25) is 0 Å². The van der Waals surface area contributed by atoms with Gasteiger partial charge < -0.3 is 30.3 Å². The molecule has 182 valence electrons. The standard InChI is InChI=1S/C28H36N2O4/c1-21(23-9-5-3-6-10-23)29-17-25(31)19-33-27-13-15-28(16-14-27)34-20-26(32)18-30-22(2)24-11-7-4-8-12-24/h3-16,21-22,25-26,29-32H,17-20H2,1-2H3/t21-,22+,25-,26-/m0/s1. The quantitative estimate of drug-likeness (QED) is 0.290. The number of aliphatic hydroxyl groups excluding tert-OH is 2. The minimum atomic E-state index is -0.622. The van der Waals surface area contributed by atoms with Crippen molar-refractivity contribution in [3.63, 3.8) is 0 Å². The van der Waals surface area contributed by atoms with Crippen molar-refractivity contribution in [2.75, 3.05) is 26.3 Å². The predicted octanol–water partition coefficient (Wildman–Crippen LogP) is 3.87. The molecule has 0 amide bonds. The maximum atomic E-state index is 10.2. The summed E-state index contributed by atoms with van der Waals surface area (Å²) in [6.45, 7) is 5.40. The van der Waals surface area contributed by atoms with E-state index >= 15 is 0 Å². The van der Waals surface area contributed by atoms with Crippen LogP contribution in [0, 0.1) is 0 Å². The number of aliphatic hydroxyl groups is 2. The molecule has 6 nitrogen and oxygen atoms in total. The molecule has 0 heterocycles. The molecule has 0 bridgehead atoms. The van der Waals surface area contributed by atoms with E-state index in [2.05, 4.69) is 48.7 Å². The summed E-state index contributed by atoms with van der Waals surface area (Å²) in [5, 5.41) is 27.1. The second-order valence-corrected chi connectivity index (χ2v) is 8.48. The lowest BCUT2D eigenvalue weighted by Gasteiger charge is -2.18. The number of ether oxygens (including phenoxy) is 2. The molecule has 0 aliphatic rings. The Morgan fingerprint density at radius 2 is 0.941 bits per heavy atom. The molecule has 0 radical (unpaired) electrons. The molecular weight excluding hydrogens is 428 g/mol. The highest BCUT2D eigenvalue weighted by atomic mass is 16.5. The zero-order valence-electron chi connectivity index (χ0n) is 19.9. The average molecular weight is 465 g/mol. The van der Waals surface area contributed by atoms with Crippen LogP contribution >= 0.6 is 0 Å². The first-order chi connectivity index (χ1) is 16.5. The smallest absolute Gasteiger partial charge is 0.119 e. The number of hydrogen-bond donors (Lipinski definition) is 4. The van der Waals surface area contributed by atoms with Crippen LogP contribution in [0.15, 0.2) is 84.9 Å². The summed E-state index contributed by atoms with van der Waals surface area (Å²) < 4.78 is 11.4. The first-order valence-corrected chi connectivity index (χ1v) is 11.8. The number of benzene rings is 3. The molecular formula is C28H36N2O4. The van der Waals surface area contributed by atoms with E-state index in [-0.39, 0.29) is 25.3 Å². The molecule has 34 heavy (non-hydrogen) atoms. The molecule has 4 atom stereocenters. The number of rotatable bonds is 14. The second kappa shape index (κ2) is 13.7. The molecule has 0 fully saturated rings. The van der Waals surface area contributed by atoms with Crippen LogP contribution in [-0.2, 0) is 0 Å². The van der Waals surface area contributed by atoms with Crippen LogP contribution in [0.1, 0.15) is 37.1 Å². The fourth-order valence-electron chi connectivity index (χ4n) is 3.48. The Bertz CT molecular complexity index is 859. The van der Waals surface area contributed by atoms with Crippen molar-refractivity contribution < 1.29 is 19.7 Å². The number of nitrogens with one attached hydrogen (secondary N) is 2. The zero-order chi connectivity index (χ0) is 24.2. The SMILES string of the molecule is C[C@H](NC[C@H](O)COc1ccc(OC[C@@H](O)CN[C@H](C)c2ccccc2)cc1)c1ccccc1. The third kappa shape index (κ3) is 8.80. The Labute approximate surface area is 202 Å². The van der Waals surface area contributed by atoms with Crippen LogP contribution in [0.4, 0.5) is 0 Å². The fourth-order valence-corrected chi connectivity index (χ4v) is 3.48. The van der Waals surface area contributed by atoms with Crippen LogP contribution in [0.2, 0.25) is 0 Å². The highest BCUT2D eigenvalue weighted by Crippen LogP contribution is 2.18. The van der Waals surface area contributed by atoms with E-state index in [1.165, 1.54) is 11.1 Å². The van der Waals surface area contributed by atoms with E-state index in [4.69, 9.17) is 9.47 Å². The van der Waals surface area contributed by atoms with E-state index in [0.29, 0.717) is 24.6 Å². The molecule has 3 aromatic carbocycles. The number of hydrogen-bond acceptors (Lipinski definition) is 6. The molecule has 0 saturated heterocycles. The van der Waals surface area contributed by atoms with Crippen LogP contribution in [0.5, 0.6) is 11.5 Å². The highest BCUT2D eigenvalue weighted by molar-refractivity contribution is 5.31. The van der Waals surface area contributed by atoms with Crippen molar-refractivity contribution >= 4 is 0 Å². The van der Waals surface area contributed by atoms with Gasteiger partial charge in [0.2, 0.25) is 0 Å². The molecule has 3 rings (SSSR count). The summed E-state index contributed by atoms with van der Waals surface area (Å²) in [5.74, 6) is 1.31. The van der Waals surface area contributed by atoms with Crippen molar-refractivity contribution in [3.05, 3.63) is 96.1 Å². The van der Waals surface area contributed by atoms with Crippen LogP contribution in [-0.4, -0.2) is 48.7 Å². The van der Waals surface area contributed by atoms with Crippen LogP contribution in [0.3, 0.4) is 0 Å². The Hall–Kier alpha value is -2.90. The Morgan fingerprint density at radius 1 is 0.588 bits per heavy atom. The van der Waals surface area contributed by atoms with Crippen molar-refractivity contribution in [1.29, 1.82) is 0 Å². The molecule has 0 unspecified atom stereocenters. The van der Waals surface area contributed by atoms with Gasteiger partial charge in [-0.2, -0.15) is 0 Å². The first-order valence-electron chi connectivity index (χ1n) is 11.8. The van der Waals surface area contributed by atoms with Crippen molar-refractivity contribution in [3.8, 4) is 11.5 Å². The van der Waals surface area contributed by atoms with Gasteiger partial charge in [-0.05, 0) is 49.2 Å². The van der Waals surface area contributed by atoms with Crippen LogP contribution in [0.25, 0.3) is 0 Å². The third-order valence-electron chi connectivity index (χ3n) is 5.63. The van der Waals surface area contributed by atoms with E-state index < -0.39 is 12.2 Å². The van der Waals surface area contributed by atoms with E-state index in [9.17, 15) is 10.2 Å². The maximum Gasteiger partial charge on any atom is 0.119 e. The molecule has 4 N–H and O–H groups in total. The third-order valence-corrected chi connectivity index (χ3v) is 5.63. The van der Waals surface area contributed by atoms with Gasteiger partial charge in [0.05, 0.1) is 0 Å². The van der Waals surface area contributed by atoms with Gasteiger partial charge in [-0.1, -0.05) is 60.7 Å². The monoisotopic (exact) mass is 464 g/mol. The van der Waals surface area contributed by atoms with E-state index in [1.807, 2.05) is 36.4 Å². The first kappa shape index (κ1) is 25.7. The van der Waals surface area contributed by atoms with Gasteiger partial charge in [0.15, 0.2) is 0 Å². The summed E-state index contributed by atoms with van der Waals surface area (Å²) >= 11 is 0. The summed E-state index contributed by atoms with van der Waals surface area (Å²) in [4.78, 5) is 0. The van der Waals surface area contributed by atoms with Crippen molar-refractivity contribution in [2.24, 2.45) is 0 Å². The summed E-state index contributed by atoms with van der Waals surface area (Å²) in [5.41, 5.74) is 2.36. The molecule has 3 aromatic rings. The molecule has 0 spiro atoms. The molecule has 0 aromatic heterocycles. The van der Waals surface area contributed by atoms with E-state index in [0.717, 1.165) is 0 Å². The molecule has 0 aliphatic carbocycles. The highest BCUT2D eigenvalue weighted by Gasteiger charge is 2.11. The lowest BCUT2D eigenvalue weighted by atomic mass is 10.1. The van der Waals surface area contributed by atoms with Gasteiger partial charge in [0.1, 0.15) is 36.9 Å². The van der Waals surface area contributed by atoms with Gasteiger partial charge >= 0.3 is 0 Å². The van der Waals surface area contributed by atoms with Crippen molar-refractivity contribution in [2.45, 2.75) is 38.1 Å². The fraction of sp³-hybridized carbons (Fsp3) is 0.357. The zero-order valence-corrected chi connectivity index (χ0v) is 19.9. The van der Waals surface area contributed by atoms with Crippen LogP contribution < -0.4 is 20.1 Å². The Balaban J connectivity index is 1.32. The Morgan fingerprint density at radius 3 is 1.29 bits per heavy atom. The molecule has 6 heteroatoms. The minimum absolute atomic E-state index is 0.152. The topological polar surface area (TPSA) is 83.0 Å². The van der Waals surface area contributed by atoms with Gasteiger partial charge in [-0.15, -0.1) is 0 Å². The minimum Gasteiger partial charge on any atom is -0.491 e. The van der Waals surface area contributed by atoms with Crippen molar-refractivity contribution in [1.82, 2.24) is 10.6 Å². The van der Waals surface area contributed by atoms with Gasteiger partial charge in [-0.25, -0.2) is 0 Å². The predicted molar refractivity (Wildman–Crippen MR) is 135 cm³/mol. The summed E-state index contributed by atoms with van der Waals surface area (Å²) in [6, 6.07) is 27.7. The van der Waals surface area contributed by atoms with Gasteiger partial charge in [0, 0.05) is 25.2 Å². The molecule has 0 saturated carbocycles. The Kier molecular flexibility index (Phi) is 10.4. The maximum absolute atomic E-state index is 10.2. The lowest BCUT2D eigenvalue weighted by Crippen LogP contribution is -2.33. The van der Waals surface area contributed by atoms with Gasteiger partial charge in [0.25, 0.3) is 0 Å². The largest absolute Gasteiger partial charge is 0.491 e. The second-order valence-electron chi connectivity index (χ2n) is 8.48. The summed E-state index contributed by atoms with van der Waals surface area (Å²) in [6.07, 6.45) is -1.24. The lowest BCUT2D eigenvalue weighted by molar-refractivity contribution is 0.102.